The van der Waals surface area contributed by atoms with E-state index in [0.717, 1.165) is 0 Å². The number of aromatic amines is 1. The summed E-state index contributed by atoms with van der Waals surface area (Å²) in [7, 11) is 0. The molecule has 0 aromatic carbocycles. The monoisotopic (exact) mass is 214 g/mol. The zero-order valence-corrected chi connectivity index (χ0v) is 8.17. The van der Waals surface area contributed by atoms with Crippen LogP contribution in [0.1, 0.15) is 25.1 Å². The van der Waals surface area contributed by atoms with Crippen LogP contribution in [-0.2, 0) is 11.2 Å². The molecule has 1 aromatic heterocycles. The topological polar surface area (TPSA) is 45.8 Å². The second kappa shape index (κ2) is 3.72. The molecule has 1 aliphatic rings. The second-order valence-corrected chi connectivity index (χ2v) is 3.88. The van der Waals surface area contributed by atoms with E-state index in [9.17, 15) is 13.6 Å². The summed E-state index contributed by atoms with van der Waals surface area (Å²) in [5.41, 5.74) is 0. The Hall–Kier alpha value is -1.26. The van der Waals surface area contributed by atoms with Crippen LogP contribution >= 0.6 is 0 Å². The van der Waals surface area contributed by atoms with Crippen LogP contribution in [0.25, 0.3) is 0 Å². The van der Waals surface area contributed by atoms with E-state index >= 15 is 0 Å². The third-order valence-corrected chi connectivity index (χ3v) is 2.80. The van der Waals surface area contributed by atoms with Crippen LogP contribution in [0, 0.1) is 5.92 Å². The molecular formula is C10H12F2N2O. The fraction of sp³-hybridized carbons (Fsp3) is 0.600. The van der Waals surface area contributed by atoms with Gasteiger partial charge in [0, 0.05) is 18.8 Å². The maximum absolute atomic E-state index is 13.2. The van der Waals surface area contributed by atoms with Gasteiger partial charge in [-0.15, -0.1) is 0 Å². The largest absolute Gasteiger partial charge is 0.348 e. The van der Waals surface area contributed by atoms with Gasteiger partial charge in [-0.1, -0.05) is 0 Å². The van der Waals surface area contributed by atoms with Crippen molar-refractivity contribution in [3.05, 3.63) is 18.2 Å². The van der Waals surface area contributed by atoms with E-state index in [1.807, 2.05) is 0 Å². The molecule has 82 valence electrons. The number of carbonyl (C=O) groups excluding carboxylic acids is 1. The van der Waals surface area contributed by atoms with Gasteiger partial charge in [-0.05, 0) is 12.8 Å². The lowest BCUT2D eigenvalue weighted by molar-refractivity contribution is -0.133. The van der Waals surface area contributed by atoms with Gasteiger partial charge in [0.15, 0.2) is 0 Å². The molecule has 1 saturated carbocycles. The van der Waals surface area contributed by atoms with Crippen molar-refractivity contribution < 1.29 is 13.6 Å². The number of hydrogen-bond acceptors (Lipinski definition) is 2. The van der Waals surface area contributed by atoms with E-state index in [1.165, 1.54) is 6.20 Å². The Morgan fingerprint density at radius 3 is 3.00 bits per heavy atom. The zero-order valence-electron chi connectivity index (χ0n) is 8.17. The molecule has 0 amide bonds. The highest BCUT2D eigenvalue weighted by atomic mass is 19.3. The molecule has 0 radical (unpaired) electrons. The predicted molar refractivity (Wildman–Crippen MR) is 49.6 cm³/mol. The van der Waals surface area contributed by atoms with Crippen LogP contribution in [0.4, 0.5) is 8.78 Å². The molecule has 0 spiro atoms. The molecular weight excluding hydrogens is 202 g/mol. The molecule has 1 fully saturated rings. The number of rotatable bonds is 3. The van der Waals surface area contributed by atoms with Gasteiger partial charge in [0.25, 0.3) is 5.92 Å². The molecule has 1 aliphatic carbocycles. The Balaban J connectivity index is 2.02. The lowest BCUT2D eigenvalue weighted by Crippen LogP contribution is -2.30. The first-order chi connectivity index (χ1) is 7.09. The van der Waals surface area contributed by atoms with Crippen LogP contribution in [0.2, 0.25) is 0 Å². The average molecular weight is 214 g/mol. The van der Waals surface area contributed by atoms with Gasteiger partial charge < -0.3 is 4.98 Å². The van der Waals surface area contributed by atoms with Crippen LogP contribution < -0.4 is 0 Å². The average Bonchev–Trinajstić information content (AvgIpc) is 2.73. The predicted octanol–water partition coefficient (Wildman–Crippen LogP) is 1.96. The first-order valence-electron chi connectivity index (χ1n) is 4.98. The summed E-state index contributed by atoms with van der Waals surface area (Å²) < 4.78 is 26.5. The third-order valence-electron chi connectivity index (χ3n) is 2.80. The quantitative estimate of drug-likeness (QED) is 0.835. The second-order valence-electron chi connectivity index (χ2n) is 3.88. The highest BCUT2D eigenvalue weighted by Crippen LogP contribution is 2.41. The number of nitrogens with one attached hydrogen (secondary N) is 1. The normalized spacial score (nSPS) is 24.3. The Morgan fingerprint density at radius 2 is 2.47 bits per heavy atom. The maximum Gasteiger partial charge on any atom is 0.257 e. The Morgan fingerprint density at radius 1 is 1.67 bits per heavy atom. The number of imidazole rings is 1. The van der Waals surface area contributed by atoms with Crippen molar-refractivity contribution in [3.8, 4) is 0 Å². The number of carbonyl (C=O) groups is 1. The van der Waals surface area contributed by atoms with Crippen molar-refractivity contribution in [2.24, 2.45) is 5.92 Å². The van der Waals surface area contributed by atoms with Crippen molar-refractivity contribution in [1.82, 2.24) is 9.97 Å². The minimum Gasteiger partial charge on any atom is -0.348 e. The highest BCUT2D eigenvalue weighted by Gasteiger charge is 2.47. The van der Waals surface area contributed by atoms with Crippen molar-refractivity contribution >= 4 is 5.78 Å². The summed E-state index contributed by atoms with van der Waals surface area (Å²) in [6.07, 6.45) is 3.63. The fourth-order valence-corrected chi connectivity index (χ4v) is 2.01. The lowest BCUT2D eigenvalue weighted by atomic mass is 9.97. The molecule has 0 aliphatic heterocycles. The number of Topliss-reactive ketones (excluding diaryl/α,β-unsaturated/α-hetero) is 1. The summed E-state index contributed by atoms with van der Waals surface area (Å²) in [5, 5.41) is 0. The van der Waals surface area contributed by atoms with Crippen molar-refractivity contribution in [3.63, 3.8) is 0 Å². The molecule has 0 saturated heterocycles. The molecule has 15 heavy (non-hydrogen) atoms. The number of H-pyrrole nitrogens is 1. The molecule has 1 N–H and O–H groups in total. The van der Waals surface area contributed by atoms with Gasteiger partial charge in [-0.3, -0.25) is 4.79 Å². The van der Waals surface area contributed by atoms with E-state index in [1.54, 1.807) is 6.20 Å². The van der Waals surface area contributed by atoms with E-state index in [4.69, 9.17) is 0 Å². The zero-order chi connectivity index (χ0) is 10.9. The Labute approximate surface area is 85.9 Å². The lowest BCUT2D eigenvalue weighted by Gasteiger charge is -2.16. The molecule has 2 rings (SSSR count). The van der Waals surface area contributed by atoms with Gasteiger partial charge in [0.1, 0.15) is 11.6 Å². The minimum atomic E-state index is -2.82. The van der Waals surface area contributed by atoms with Crippen molar-refractivity contribution in [1.29, 1.82) is 0 Å². The maximum atomic E-state index is 13.2. The number of halogens is 2. The van der Waals surface area contributed by atoms with Crippen LogP contribution in [0.3, 0.4) is 0 Å². The van der Waals surface area contributed by atoms with Gasteiger partial charge in [-0.25, -0.2) is 13.8 Å². The van der Waals surface area contributed by atoms with E-state index in [-0.39, 0.29) is 12.8 Å². The molecule has 5 heteroatoms. The minimum absolute atomic E-state index is 0.0206. The van der Waals surface area contributed by atoms with Crippen LogP contribution in [-0.4, -0.2) is 21.7 Å². The summed E-state index contributed by atoms with van der Waals surface area (Å²) in [5.74, 6) is -3.87. The molecule has 0 bridgehead atoms. The standard InChI is InChI=1S/C10H12F2N2O/c11-10(12)3-1-2-7(10)8(15)6-9-13-4-5-14-9/h4-5,7H,1-3,6H2,(H,13,14). The number of ketones is 1. The first-order valence-corrected chi connectivity index (χ1v) is 4.98. The van der Waals surface area contributed by atoms with E-state index in [0.29, 0.717) is 18.7 Å². The molecule has 1 aromatic rings. The van der Waals surface area contributed by atoms with Gasteiger partial charge >= 0.3 is 0 Å². The third kappa shape index (κ3) is 2.06. The molecule has 1 unspecified atom stereocenters. The van der Waals surface area contributed by atoms with Gasteiger partial charge in [0.2, 0.25) is 0 Å². The number of aromatic nitrogens is 2. The fourth-order valence-electron chi connectivity index (χ4n) is 2.01. The van der Waals surface area contributed by atoms with Crippen molar-refractivity contribution in [2.75, 3.05) is 0 Å². The first kappa shape index (κ1) is 10.3. The smallest absolute Gasteiger partial charge is 0.257 e. The SMILES string of the molecule is O=C(Cc1ncc[nH]1)C1CCCC1(F)F. The molecule has 1 heterocycles. The molecule has 3 nitrogen and oxygen atoms in total. The number of hydrogen-bond donors (Lipinski definition) is 1. The van der Waals surface area contributed by atoms with Crippen LogP contribution in [0.5, 0.6) is 0 Å². The van der Waals surface area contributed by atoms with E-state index in [2.05, 4.69) is 9.97 Å². The summed E-state index contributed by atoms with van der Waals surface area (Å²) >= 11 is 0. The van der Waals surface area contributed by atoms with Crippen molar-refractivity contribution in [2.45, 2.75) is 31.6 Å². The molecule has 1 atom stereocenters. The summed E-state index contributed by atoms with van der Waals surface area (Å²) in [6, 6.07) is 0. The highest BCUT2D eigenvalue weighted by molar-refractivity contribution is 5.83. The number of alkyl halides is 2. The van der Waals surface area contributed by atoms with Gasteiger partial charge in [0.05, 0.1) is 12.3 Å². The Bertz CT molecular complexity index is 348. The van der Waals surface area contributed by atoms with Gasteiger partial charge in [-0.2, -0.15) is 0 Å². The summed E-state index contributed by atoms with van der Waals surface area (Å²) in [6.45, 7) is 0. The number of nitrogens with zero attached hydrogens (tertiary/aromatic N) is 1. The Kier molecular flexibility index (Phi) is 2.54. The summed E-state index contributed by atoms with van der Waals surface area (Å²) in [4.78, 5) is 18.2. The van der Waals surface area contributed by atoms with Crippen LogP contribution in [0.15, 0.2) is 12.4 Å². The van der Waals surface area contributed by atoms with E-state index < -0.39 is 17.6 Å².